The Bertz CT molecular complexity index is 1150. The molecule has 1 aromatic heterocycles. The number of anilines is 1. The summed E-state index contributed by atoms with van der Waals surface area (Å²) < 4.78 is 33.7. The highest BCUT2D eigenvalue weighted by molar-refractivity contribution is 7.92. The van der Waals surface area contributed by atoms with Crippen molar-refractivity contribution < 1.29 is 17.9 Å². The Labute approximate surface area is 182 Å². The summed E-state index contributed by atoms with van der Waals surface area (Å²) in [7, 11) is 0.780. The van der Waals surface area contributed by atoms with Crippen molar-refractivity contribution in [1.29, 1.82) is 0 Å². The van der Waals surface area contributed by atoms with Crippen LogP contribution in [0.15, 0.2) is 59.6 Å². The molecule has 0 aliphatic heterocycles. The van der Waals surface area contributed by atoms with Crippen molar-refractivity contribution in [3.05, 3.63) is 71.4 Å². The molecule has 31 heavy (non-hydrogen) atoms. The maximum Gasteiger partial charge on any atom is 0.265 e. The molecule has 8 nitrogen and oxygen atoms in total. The van der Waals surface area contributed by atoms with Gasteiger partial charge in [-0.25, -0.2) is 8.42 Å². The second kappa shape index (κ2) is 9.22. The van der Waals surface area contributed by atoms with Crippen LogP contribution in [0.1, 0.15) is 21.5 Å². The first-order valence-corrected chi connectivity index (χ1v) is 11.2. The van der Waals surface area contributed by atoms with E-state index in [1.807, 2.05) is 31.2 Å². The van der Waals surface area contributed by atoms with Gasteiger partial charge in [0.1, 0.15) is 11.3 Å². The van der Waals surface area contributed by atoms with Crippen LogP contribution in [0.4, 0.5) is 5.82 Å². The summed E-state index contributed by atoms with van der Waals surface area (Å²) in [5, 5.41) is 6.94. The predicted molar refractivity (Wildman–Crippen MR) is 119 cm³/mol. The van der Waals surface area contributed by atoms with Gasteiger partial charge in [-0.2, -0.15) is 5.10 Å². The van der Waals surface area contributed by atoms with Crippen molar-refractivity contribution in [3.63, 3.8) is 0 Å². The zero-order valence-electron chi connectivity index (χ0n) is 18.0. The summed E-state index contributed by atoms with van der Waals surface area (Å²) in [6.45, 7) is 2.28. The van der Waals surface area contributed by atoms with Crippen LogP contribution >= 0.6 is 0 Å². The Balaban J connectivity index is 1.74. The minimum absolute atomic E-state index is 0.146. The van der Waals surface area contributed by atoms with Gasteiger partial charge in [0.25, 0.3) is 15.9 Å². The molecule has 1 heterocycles. The third-order valence-corrected chi connectivity index (χ3v) is 6.75. The first-order chi connectivity index (χ1) is 14.7. The van der Waals surface area contributed by atoms with Gasteiger partial charge in [0.15, 0.2) is 5.82 Å². The average molecular weight is 443 g/mol. The van der Waals surface area contributed by atoms with E-state index in [1.165, 1.54) is 17.9 Å². The Morgan fingerprint density at radius 1 is 1.13 bits per heavy atom. The molecule has 0 aliphatic rings. The molecule has 0 aliphatic carbocycles. The van der Waals surface area contributed by atoms with Crippen LogP contribution < -0.4 is 14.4 Å². The highest BCUT2D eigenvalue weighted by Gasteiger charge is 2.28. The van der Waals surface area contributed by atoms with Crippen molar-refractivity contribution in [1.82, 2.24) is 15.1 Å². The fourth-order valence-corrected chi connectivity index (χ4v) is 4.40. The zero-order valence-corrected chi connectivity index (χ0v) is 18.8. The number of hydrogen-bond acceptors (Lipinski definition) is 5. The molecule has 164 valence electrons. The molecule has 0 fully saturated rings. The number of aryl methyl sites for hydroxylation is 2. The van der Waals surface area contributed by atoms with Gasteiger partial charge in [0.2, 0.25) is 0 Å². The normalized spacial score (nSPS) is 11.2. The van der Waals surface area contributed by atoms with Crippen molar-refractivity contribution in [2.45, 2.75) is 18.2 Å². The van der Waals surface area contributed by atoms with E-state index in [9.17, 15) is 13.2 Å². The van der Waals surface area contributed by atoms with Gasteiger partial charge < -0.3 is 10.1 Å². The van der Waals surface area contributed by atoms with Crippen molar-refractivity contribution in [2.75, 3.05) is 25.0 Å². The minimum atomic E-state index is -3.85. The van der Waals surface area contributed by atoms with Gasteiger partial charge in [-0.1, -0.05) is 29.8 Å². The molecule has 1 amide bonds. The average Bonchev–Trinajstić information content (AvgIpc) is 3.15. The number of rotatable bonds is 8. The van der Waals surface area contributed by atoms with Crippen LogP contribution in [0.25, 0.3) is 0 Å². The first-order valence-electron chi connectivity index (χ1n) is 9.72. The Kier molecular flexibility index (Phi) is 6.65. The number of carbonyl (C=O) groups is 1. The second-order valence-electron chi connectivity index (χ2n) is 7.15. The number of amides is 1. The minimum Gasteiger partial charge on any atom is -0.497 e. The molecular weight excluding hydrogens is 416 g/mol. The number of nitrogens with zero attached hydrogens (tertiary/aromatic N) is 3. The van der Waals surface area contributed by atoms with Crippen molar-refractivity contribution in [3.8, 4) is 5.75 Å². The van der Waals surface area contributed by atoms with Gasteiger partial charge in [0, 0.05) is 20.6 Å². The quantitative estimate of drug-likeness (QED) is 0.579. The Morgan fingerprint density at radius 2 is 1.77 bits per heavy atom. The molecule has 0 atom stereocenters. The standard InChI is InChI=1S/C22H26N4O4S/c1-16-5-11-19(12-6-16)31(28,29)26(3)22-20(15-24-25(22)2)21(27)23-14-13-17-7-9-18(30-4)10-8-17/h5-12,15H,13-14H2,1-4H3,(H,23,27). The molecule has 0 bridgehead atoms. The molecule has 1 N–H and O–H groups in total. The molecule has 9 heteroatoms. The lowest BCUT2D eigenvalue weighted by molar-refractivity contribution is 0.0954. The van der Waals surface area contributed by atoms with Gasteiger partial charge in [-0.3, -0.25) is 13.8 Å². The smallest absolute Gasteiger partial charge is 0.265 e. The number of hydrogen-bond donors (Lipinski definition) is 1. The third-order valence-electron chi connectivity index (χ3n) is 4.99. The van der Waals surface area contributed by atoms with Crippen LogP contribution in [0.3, 0.4) is 0 Å². The lowest BCUT2D eigenvalue weighted by atomic mass is 10.1. The van der Waals surface area contributed by atoms with E-state index in [0.29, 0.717) is 13.0 Å². The van der Waals surface area contributed by atoms with Gasteiger partial charge in [-0.05, 0) is 43.2 Å². The summed E-state index contributed by atoms with van der Waals surface area (Å²) in [6, 6.07) is 14.2. The lowest BCUT2D eigenvalue weighted by Gasteiger charge is -2.21. The molecule has 0 saturated heterocycles. The van der Waals surface area contributed by atoms with E-state index in [-0.39, 0.29) is 22.2 Å². The molecule has 0 radical (unpaired) electrons. The monoisotopic (exact) mass is 442 g/mol. The molecule has 3 aromatic rings. The van der Waals surface area contributed by atoms with Crippen LogP contribution in [-0.4, -0.2) is 44.8 Å². The highest BCUT2D eigenvalue weighted by atomic mass is 32.2. The Morgan fingerprint density at radius 3 is 2.39 bits per heavy atom. The van der Waals surface area contributed by atoms with E-state index in [0.717, 1.165) is 21.2 Å². The molecule has 2 aromatic carbocycles. The van der Waals surface area contributed by atoms with Crippen molar-refractivity contribution in [2.24, 2.45) is 7.05 Å². The molecule has 0 saturated carbocycles. The highest BCUT2D eigenvalue weighted by Crippen LogP contribution is 2.25. The maximum atomic E-state index is 13.1. The maximum absolute atomic E-state index is 13.1. The number of nitrogens with one attached hydrogen (secondary N) is 1. The number of methoxy groups -OCH3 is 1. The van der Waals surface area contributed by atoms with E-state index in [4.69, 9.17) is 4.74 Å². The third kappa shape index (κ3) is 4.88. The van der Waals surface area contributed by atoms with Crippen LogP contribution in [0.2, 0.25) is 0 Å². The van der Waals surface area contributed by atoms with E-state index >= 15 is 0 Å². The molecule has 0 spiro atoms. The van der Waals surface area contributed by atoms with Gasteiger partial charge >= 0.3 is 0 Å². The van der Waals surface area contributed by atoms with Gasteiger partial charge in [0.05, 0.1) is 18.2 Å². The molecular formula is C22H26N4O4S. The van der Waals surface area contributed by atoms with Crippen LogP contribution in [0.5, 0.6) is 5.75 Å². The summed E-state index contributed by atoms with van der Waals surface area (Å²) in [6.07, 6.45) is 2.00. The van der Waals surface area contributed by atoms with Crippen LogP contribution in [-0.2, 0) is 23.5 Å². The Hall–Kier alpha value is -3.33. The summed E-state index contributed by atoms with van der Waals surface area (Å²) >= 11 is 0. The van der Waals surface area contributed by atoms with Crippen molar-refractivity contribution >= 4 is 21.7 Å². The number of aromatic nitrogens is 2. The molecule has 0 unspecified atom stereocenters. The van der Waals surface area contributed by atoms with E-state index in [1.54, 1.807) is 38.4 Å². The number of benzene rings is 2. The first kappa shape index (κ1) is 22.4. The second-order valence-corrected chi connectivity index (χ2v) is 9.11. The van der Waals surface area contributed by atoms with Crippen LogP contribution in [0, 0.1) is 6.92 Å². The predicted octanol–water partition coefficient (Wildman–Crippen LogP) is 2.53. The summed E-state index contributed by atoms with van der Waals surface area (Å²) in [4.78, 5) is 12.9. The summed E-state index contributed by atoms with van der Waals surface area (Å²) in [5.74, 6) is 0.579. The lowest BCUT2D eigenvalue weighted by Crippen LogP contribution is -2.32. The number of ether oxygens (including phenoxy) is 1. The van der Waals surface area contributed by atoms with Gasteiger partial charge in [-0.15, -0.1) is 0 Å². The molecule has 3 rings (SSSR count). The zero-order chi connectivity index (χ0) is 22.6. The van der Waals surface area contributed by atoms with E-state index < -0.39 is 10.0 Å². The fraction of sp³-hybridized carbons (Fsp3) is 0.273. The number of carbonyl (C=O) groups excluding carboxylic acids is 1. The van der Waals surface area contributed by atoms with E-state index in [2.05, 4.69) is 10.4 Å². The largest absolute Gasteiger partial charge is 0.497 e. The SMILES string of the molecule is COc1ccc(CCNC(=O)c2cnn(C)c2N(C)S(=O)(=O)c2ccc(C)cc2)cc1. The fourth-order valence-electron chi connectivity index (χ4n) is 3.15. The number of sulfonamides is 1. The summed E-state index contributed by atoms with van der Waals surface area (Å²) in [5.41, 5.74) is 2.20. The topological polar surface area (TPSA) is 93.5 Å².